The van der Waals surface area contributed by atoms with Crippen molar-refractivity contribution in [3.63, 3.8) is 0 Å². The molecule has 0 spiro atoms. The maximum Gasteiger partial charge on any atom is 0.196 e. The molecule has 1 saturated heterocycles. The van der Waals surface area contributed by atoms with Crippen molar-refractivity contribution in [1.29, 1.82) is 0 Å². The molecule has 32 heavy (non-hydrogen) atoms. The fourth-order valence-electron chi connectivity index (χ4n) is 3.78. The lowest BCUT2D eigenvalue weighted by molar-refractivity contribution is 0.102. The van der Waals surface area contributed by atoms with Crippen LogP contribution in [0.3, 0.4) is 0 Å². The maximum absolute atomic E-state index is 13.5. The average Bonchev–Trinajstić information content (AvgIpc) is 3.21. The topological polar surface area (TPSA) is 60.2 Å². The second-order valence-electron chi connectivity index (χ2n) is 7.72. The number of Topliss-reactive ketones (excluding diaryl/α,β-unsaturated/α-hetero) is 1. The van der Waals surface area contributed by atoms with Crippen molar-refractivity contribution in [2.24, 2.45) is 0 Å². The number of thioether (sulfide) groups is 1. The van der Waals surface area contributed by atoms with E-state index >= 15 is 0 Å². The van der Waals surface area contributed by atoms with Crippen molar-refractivity contribution in [2.45, 2.75) is 37.9 Å². The van der Waals surface area contributed by atoms with E-state index in [0.717, 1.165) is 30.4 Å². The summed E-state index contributed by atoms with van der Waals surface area (Å²) in [6.45, 7) is 5.26. The summed E-state index contributed by atoms with van der Waals surface area (Å²) in [5.41, 5.74) is 1.42. The third-order valence-electron chi connectivity index (χ3n) is 5.42. The first-order valence-electron chi connectivity index (χ1n) is 11.0. The minimum Gasteiger partial charge on any atom is -0.494 e. The minimum atomic E-state index is -0.292. The van der Waals surface area contributed by atoms with Crippen LogP contribution in [0.2, 0.25) is 0 Å². The standard InChI is InChI=1S/C24H27FN4O2S/c1-2-31-21-12-6-18(7-13-21)22(30)17-32-24-27-26-23(16-28-14-4-3-5-15-28)29(24)20-10-8-19(25)9-11-20/h6-13H,2-5,14-17H2,1H3. The zero-order valence-corrected chi connectivity index (χ0v) is 19.0. The Kier molecular flexibility index (Phi) is 7.55. The molecular weight excluding hydrogens is 427 g/mol. The summed E-state index contributed by atoms with van der Waals surface area (Å²) >= 11 is 1.34. The maximum atomic E-state index is 13.5. The van der Waals surface area contributed by atoms with Crippen molar-refractivity contribution in [3.05, 3.63) is 65.7 Å². The summed E-state index contributed by atoms with van der Waals surface area (Å²) in [6, 6.07) is 13.5. The molecule has 0 N–H and O–H groups in total. The number of carbonyl (C=O) groups excluding carboxylic acids is 1. The molecule has 2 aromatic carbocycles. The summed E-state index contributed by atoms with van der Waals surface area (Å²) < 4.78 is 20.9. The van der Waals surface area contributed by atoms with Gasteiger partial charge in [-0.3, -0.25) is 14.3 Å². The Bertz CT molecular complexity index is 1030. The van der Waals surface area contributed by atoms with Crippen molar-refractivity contribution in [1.82, 2.24) is 19.7 Å². The first-order chi connectivity index (χ1) is 15.6. The summed E-state index contributed by atoms with van der Waals surface area (Å²) in [5, 5.41) is 9.42. The van der Waals surface area contributed by atoms with Crippen LogP contribution in [0.15, 0.2) is 53.7 Å². The Morgan fingerprint density at radius 1 is 1.03 bits per heavy atom. The van der Waals surface area contributed by atoms with Gasteiger partial charge in [0, 0.05) is 11.3 Å². The van der Waals surface area contributed by atoms with Crippen LogP contribution in [0.5, 0.6) is 5.75 Å². The van der Waals surface area contributed by atoms with E-state index in [0.29, 0.717) is 23.9 Å². The van der Waals surface area contributed by atoms with E-state index in [4.69, 9.17) is 4.74 Å². The van der Waals surface area contributed by atoms with Gasteiger partial charge in [0.1, 0.15) is 11.6 Å². The molecule has 0 saturated carbocycles. The van der Waals surface area contributed by atoms with Crippen molar-refractivity contribution >= 4 is 17.5 Å². The first-order valence-corrected chi connectivity index (χ1v) is 11.9. The molecule has 0 atom stereocenters. The highest BCUT2D eigenvalue weighted by molar-refractivity contribution is 7.99. The zero-order valence-electron chi connectivity index (χ0n) is 18.2. The molecule has 8 heteroatoms. The lowest BCUT2D eigenvalue weighted by Crippen LogP contribution is -2.30. The van der Waals surface area contributed by atoms with E-state index in [1.807, 2.05) is 11.5 Å². The highest BCUT2D eigenvalue weighted by Gasteiger charge is 2.20. The van der Waals surface area contributed by atoms with Gasteiger partial charge in [-0.25, -0.2) is 4.39 Å². The number of halogens is 1. The number of hydrogen-bond acceptors (Lipinski definition) is 6. The highest BCUT2D eigenvalue weighted by atomic mass is 32.2. The largest absolute Gasteiger partial charge is 0.494 e. The molecule has 0 radical (unpaired) electrons. The predicted octanol–water partition coefficient (Wildman–Crippen LogP) is 4.77. The molecule has 0 unspecified atom stereocenters. The number of carbonyl (C=O) groups is 1. The van der Waals surface area contributed by atoms with Gasteiger partial charge in [0.15, 0.2) is 16.8 Å². The van der Waals surface area contributed by atoms with Gasteiger partial charge in [-0.05, 0) is 81.4 Å². The molecule has 168 valence electrons. The number of nitrogens with zero attached hydrogens (tertiary/aromatic N) is 4. The summed E-state index contributed by atoms with van der Waals surface area (Å²) in [7, 11) is 0. The quantitative estimate of drug-likeness (QED) is 0.343. The number of rotatable bonds is 9. The number of aromatic nitrogens is 3. The molecule has 0 aliphatic carbocycles. The van der Waals surface area contributed by atoms with Gasteiger partial charge in [0.2, 0.25) is 0 Å². The van der Waals surface area contributed by atoms with E-state index in [1.165, 1.54) is 43.2 Å². The minimum absolute atomic E-state index is 0.00397. The van der Waals surface area contributed by atoms with Crippen LogP contribution in [0.1, 0.15) is 42.4 Å². The average molecular weight is 455 g/mol. The van der Waals surface area contributed by atoms with Gasteiger partial charge < -0.3 is 4.74 Å². The van der Waals surface area contributed by atoms with Crippen LogP contribution in [0.25, 0.3) is 5.69 Å². The summed E-state index contributed by atoms with van der Waals surface area (Å²) in [5.74, 6) is 1.49. The Balaban J connectivity index is 1.52. The molecule has 2 heterocycles. The number of likely N-dealkylation sites (tertiary alicyclic amines) is 1. The number of hydrogen-bond donors (Lipinski definition) is 0. The molecule has 6 nitrogen and oxygen atoms in total. The molecule has 4 rings (SSSR count). The monoisotopic (exact) mass is 454 g/mol. The van der Waals surface area contributed by atoms with E-state index < -0.39 is 0 Å². The number of ketones is 1. The molecule has 1 aliphatic heterocycles. The molecule has 1 aromatic heterocycles. The van der Waals surface area contributed by atoms with E-state index in [-0.39, 0.29) is 17.4 Å². The lowest BCUT2D eigenvalue weighted by Gasteiger charge is -2.26. The lowest BCUT2D eigenvalue weighted by atomic mass is 10.1. The molecule has 3 aromatic rings. The highest BCUT2D eigenvalue weighted by Crippen LogP contribution is 2.25. The van der Waals surface area contributed by atoms with Crippen LogP contribution in [-0.2, 0) is 6.54 Å². The van der Waals surface area contributed by atoms with Crippen LogP contribution < -0.4 is 4.74 Å². The normalized spacial score (nSPS) is 14.4. The van der Waals surface area contributed by atoms with Gasteiger partial charge in [-0.1, -0.05) is 18.2 Å². The summed E-state index contributed by atoms with van der Waals surface area (Å²) in [6.07, 6.45) is 3.63. The smallest absolute Gasteiger partial charge is 0.196 e. The van der Waals surface area contributed by atoms with E-state index in [9.17, 15) is 9.18 Å². The molecule has 1 fully saturated rings. The Hall–Kier alpha value is -2.71. The molecule has 0 bridgehead atoms. The SMILES string of the molecule is CCOc1ccc(C(=O)CSc2nnc(CN3CCCCC3)n2-c2ccc(F)cc2)cc1. The van der Waals surface area contributed by atoms with Gasteiger partial charge in [-0.2, -0.15) is 0 Å². The number of ether oxygens (including phenoxy) is 1. The van der Waals surface area contributed by atoms with Crippen LogP contribution >= 0.6 is 11.8 Å². The zero-order chi connectivity index (χ0) is 22.3. The molecular formula is C24H27FN4O2S. The van der Waals surface area contributed by atoms with E-state index in [2.05, 4.69) is 15.1 Å². The van der Waals surface area contributed by atoms with Crippen LogP contribution in [-0.4, -0.2) is 50.9 Å². The number of benzene rings is 2. The van der Waals surface area contributed by atoms with Crippen molar-refractivity contribution in [3.8, 4) is 11.4 Å². The van der Waals surface area contributed by atoms with Crippen LogP contribution in [0, 0.1) is 5.82 Å². The number of piperidine rings is 1. The van der Waals surface area contributed by atoms with Crippen molar-refractivity contribution in [2.75, 3.05) is 25.4 Å². The second-order valence-corrected chi connectivity index (χ2v) is 8.66. The van der Waals surface area contributed by atoms with Gasteiger partial charge in [0.05, 0.1) is 18.9 Å². The summed E-state index contributed by atoms with van der Waals surface area (Å²) in [4.78, 5) is 15.1. The third-order valence-corrected chi connectivity index (χ3v) is 6.35. The fraction of sp³-hybridized carbons (Fsp3) is 0.375. The van der Waals surface area contributed by atoms with Gasteiger partial charge in [-0.15, -0.1) is 10.2 Å². The van der Waals surface area contributed by atoms with Gasteiger partial charge >= 0.3 is 0 Å². The van der Waals surface area contributed by atoms with Crippen molar-refractivity contribution < 1.29 is 13.9 Å². The third kappa shape index (κ3) is 5.55. The molecule has 1 aliphatic rings. The Morgan fingerprint density at radius 2 is 1.75 bits per heavy atom. The second kappa shape index (κ2) is 10.7. The Labute approximate surface area is 191 Å². The first kappa shape index (κ1) is 22.5. The van der Waals surface area contributed by atoms with Gasteiger partial charge in [0.25, 0.3) is 0 Å². The Morgan fingerprint density at radius 3 is 2.44 bits per heavy atom. The predicted molar refractivity (Wildman–Crippen MR) is 123 cm³/mol. The van der Waals surface area contributed by atoms with E-state index in [1.54, 1.807) is 36.4 Å². The van der Waals surface area contributed by atoms with Crippen LogP contribution in [0.4, 0.5) is 4.39 Å². The fourth-order valence-corrected chi connectivity index (χ4v) is 4.65. The molecule has 0 amide bonds.